The molecule has 3 heterocycles. The van der Waals surface area contributed by atoms with Crippen molar-refractivity contribution < 1.29 is 14.3 Å². The minimum Gasteiger partial charge on any atom is -0.453 e. The van der Waals surface area contributed by atoms with Crippen molar-refractivity contribution in [3.63, 3.8) is 0 Å². The van der Waals surface area contributed by atoms with Crippen LogP contribution in [-0.2, 0) is 9.53 Å². The molecule has 2 unspecified atom stereocenters. The Kier molecular flexibility index (Phi) is 8.25. The fourth-order valence-electron chi connectivity index (χ4n) is 4.53. The van der Waals surface area contributed by atoms with Crippen LogP contribution in [0.1, 0.15) is 49.8 Å². The molecule has 1 saturated heterocycles. The third-order valence-electron chi connectivity index (χ3n) is 6.74. The summed E-state index contributed by atoms with van der Waals surface area (Å²) in [7, 11) is 1.29. The second-order valence-electron chi connectivity index (χ2n) is 9.66. The molecule has 0 saturated carbocycles. The number of likely N-dealkylation sites (tertiary alicyclic amines) is 1. The summed E-state index contributed by atoms with van der Waals surface area (Å²) in [5.74, 6) is 0.527. The van der Waals surface area contributed by atoms with Crippen molar-refractivity contribution in [1.29, 1.82) is 0 Å². The Morgan fingerprint density at radius 3 is 2.55 bits per heavy atom. The molecule has 0 spiro atoms. The van der Waals surface area contributed by atoms with Gasteiger partial charge in [0.05, 0.1) is 43.3 Å². The lowest BCUT2D eigenvalue weighted by Crippen LogP contribution is -2.51. The molecule has 2 amide bonds. The Morgan fingerprint density at radius 2 is 1.89 bits per heavy atom. The number of methoxy groups -OCH3 is 1. The number of nitrogens with one attached hydrogen (secondary N) is 3. The van der Waals surface area contributed by atoms with E-state index in [1.807, 2.05) is 50.3 Å². The SMILES string of the molecule is C=C(/C=C\C(=C)c1cnc[nH]1)c1ccc(-c2cnc(C3CCCN3C(=O)C(NC(=O)OC)C(C)C)[nH]2)cc1. The molecule has 1 aromatic carbocycles. The van der Waals surface area contributed by atoms with Crippen LogP contribution >= 0.6 is 0 Å². The summed E-state index contributed by atoms with van der Waals surface area (Å²) >= 11 is 0. The van der Waals surface area contributed by atoms with Gasteiger partial charge >= 0.3 is 6.09 Å². The van der Waals surface area contributed by atoms with Crippen LogP contribution in [-0.4, -0.2) is 56.5 Å². The molecule has 38 heavy (non-hydrogen) atoms. The number of ether oxygens (including phenoxy) is 1. The van der Waals surface area contributed by atoms with Crippen molar-refractivity contribution in [2.45, 2.75) is 38.8 Å². The summed E-state index contributed by atoms with van der Waals surface area (Å²) in [6.07, 6.45) is 10.0. The Hall–Kier alpha value is -4.40. The Morgan fingerprint density at radius 1 is 1.16 bits per heavy atom. The van der Waals surface area contributed by atoms with Crippen molar-refractivity contribution in [2.75, 3.05) is 13.7 Å². The van der Waals surface area contributed by atoms with Gasteiger partial charge in [0.1, 0.15) is 11.9 Å². The summed E-state index contributed by atoms with van der Waals surface area (Å²) in [5.41, 5.74) is 5.39. The molecule has 9 nitrogen and oxygen atoms in total. The third-order valence-corrected chi connectivity index (χ3v) is 6.74. The predicted molar refractivity (Wildman–Crippen MR) is 148 cm³/mol. The maximum Gasteiger partial charge on any atom is 0.407 e. The monoisotopic (exact) mass is 514 g/mol. The number of amides is 2. The lowest BCUT2D eigenvalue weighted by Gasteiger charge is -2.30. The van der Waals surface area contributed by atoms with E-state index in [0.717, 1.165) is 52.3 Å². The van der Waals surface area contributed by atoms with Crippen molar-refractivity contribution >= 4 is 23.1 Å². The lowest BCUT2D eigenvalue weighted by molar-refractivity contribution is -0.135. The van der Waals surface area contributed by atoms with E-state index >= 15 is 0 Å². The zero-order valence-corrected chi connectivity index (χ0v) is 22.0. The van der Waals surface area contributed by atoms with Gasteiger partial charge in [-0.2, -0.15) is 0 Å². The highest BCUT2D eigenvalue weighted by atomic mass is 16.5. The number of H-pyrrole nitrogens is 2. The molecule has 0 bridgehead atoms. The molecule has 1 aliphatic heterocycles. The summed E-state index contributed by atoms with van der Waals surface area (Å²) < 4.78 is 4.71. The smallest absolute Gasteiger partial charge is 0.407 e. The first-order chi connectivity index (χ1) is 18.3. The van der Waals surface area contributed by atoms with Gasteiger partial charge in [0.25, 0.3) is 0 Å². The number of nitrogens with zero attached hydrogens (tertiary/aromatic N) is 3. The van der Waals surface area contributed by atoms with Crippen LogP contribution in [0.25, 0.3) is 22.4 Å². The van der Waals surface area contributed by atoms with E-state index in [2.05, 4.69) is 38.4 Å². The molecule has 198 valence electrons. The number of allylic oxidation sites excluding steroid dienone is 4. The maximum atomic E-state index is 13.4. The third kappa shape index (κ3) is 5.94. The van der Waals surface area contributed by atoms with Gasteiger partial charge < -0.3 is 24.9 Å². The van der Waals surface area contributed by atoms with Gasteiger partial charge in [-0.15, -0.1) is 0 Å². The predicted octanol–water partition coefficient (Wildman–Crippen LogP) is 5.13. The molecule has 0 radical (unpaired) electrons. The summed E-state index contributed by atoms with van der Waals surface area (Å²) in [6.45, 7) is 12.6. The Labute approximate surface area is 222 Å². The van der Waals surface area contributed by atoms with E-state index in [0.29, 0.717) is 6.54 Å². The van der Waals surface area contributed by atoms with Gasteiger partial charge in [-0.25, -0.2) is 14.8 Å². The Bertz CT molecular complexity index is 1320. The molecule has 2 aromatic heterocycles. The topological polar surface area (TPSA) is 116 Å². The standard InChI is InChI=1S/C29H34N6O3/c1-18(2)26(34-29(37)38-5)28(36)35-14-6-7-25(35)27-31-16-24(33-27)22-12-10-21(11-13-22)19(3)8-9-20(4)23-15-30-17-32-23/h8-13,15-18,25-26H,3-4,6-7,14H2,1-2,5H3,(H,30,32)(H,31,33)(H,34,37)/b9-8-. The van der Waals surface area contributed by atoms with Gasteiger partial charge in [0.15, 0.2) is 0 Å². The number of alkyl carbamates (subject to hydrolysis) is 1. The first kappa shape index (κ1) is 26.7. The van der Waals surface area contributed by atoms with E-state index in [4.69, 9.17) is 4.74 Å². The van der Waals surface area contributed by atoms with E-state index in [-0.39, 0.29) is 17.9 Å². The first-order valence-corrected chi connectivity index (χ1v) is 12.6. The average molecular weight is 515 g/mol. The molecule has 3 N–H and O–H groups in total. The number of benzene rings is 1. The van der Waals surface area contributed by atoms with Gasteiger partial charge in [0.2, 0.25) is 5.91 Å². The number of imidazole rings is 2. The van der Waals surface area contributed by atoms with Crippen molar-refractivity contribution in [2.24, 2.45) is 5.92 Å². The Balaban J connectivity index is 1.44. The zero-order valence-electron chi connectivity index (χ0n) is 22.0. The quantitative estimate of drug-likeness (QED) is 0.343. The molecule has 2 atom stereocenters. The number of rotatable bonds is 9. The molecule has 1 aliphatic rings. The van der Waals surface area contributed by atoms with Crippen LogP contribution in [0.2, 0.25) is 0 Å². The highest BCUT2D eigenvalue weighted by Crippen LogP contribution is 2.33. The highest BCUT2D eigenvalue weighted by molar-refractivity contribution is 5.86. The molecular weight excluding hydrogens is 480 g/mol. The van der Waals surface area contributed by atoms with Crippen LogP contribution in [0.5, 0.6) is 0 Å². The van der Waals surface area contributed by atoms with Crippen molar-refractivity contribution in [1.82, 2.24) is 30.2 Å². The van der Waals surface area contributed by atoms with Crippen LogP contribution in [0.3, 0.4) is 0 Å². The second kappa shape index (κ2) is 11.8. The van der Waals surface area contributed by atoms with E-state index in [1.165, 1.54) is 7.11 Å². The first-order valence-electron chi connectivity index (χ1n) is 12.6. The number of aromatic nitrogens is 4. The van der Waals surface area contributed by atoms with Crippen LogP contribution in [0.15, 0.2) is 68.3 Å². The van der Waals surface area contributed by atoms with Gasteiger partial charge in [-0.1, -0.05) is 63.4 Å². The normalized spacial score (nSPS) is 16.1. The van der Waals surface area contributed by atoms with Crippen LogP contribution in [0, 0.1) is 5.92 Å². The van der Waals surface area contributed by atoms with E-state index < -0.39 is 12.1 Å². The number of aromatic amines is 2. The fourth-order valence-corrected chi connectivity index (χ4v) is 4.53. The molecular formula is C29H34N6O3. The van der Waals surface area contributed by atoms with E-state index in [1.54, 1.807) is 23.6 Å². The molecule has 4 rings (SSSR count). The molecule has 3 aromatic rings. The minimum absolute atomic E-state index is 0.0818. The molecule has 0 aliphatic carbocycles. The number of hydrogen-bond donors (Lipinski definition) is 3. The van der Waals surface area contributed by atoms with Crippen LogP contribution < -0.4 is 5.32 Å². The average Bonchev–Trinajstić information content (AvgIpc) is 3.71. The highest BCUT2D eigenvalue weighted by Gasteiger charge is 2.37. The largest absolute Gasteiger partial charge is 0.453 e. The van der Waals surface area contributed by atoms with Gasteiger partial charge in [0, 0.05) is 6.54 Å². The fraction of sp³-hybridized carbons (Fsp3) is 0.310. The van der Waals surface area contributed by atoms with Gasteiger partial charge in [-0.3, -0.25) is 4.79 Å². The van der Waals surface area contributed by atoms with Crippen molar-refractivity contribution in [3.05, 3.63) is 85.4 Å². The molecule has 9 heteroatoms. The van der Waals surface area contributed by atoms with Crippen LogP contribution in [0.4, 0.5) is 4.79 Å². The van der Waals surface area contributed by atoms with Crippen molar-refractivity contribution in [3.8, 4) is 11.3 Å². The lowest BCUT2D eigenvalue weighted by atomic mass is 10.0. The van der Waals surface area contributed by atoms with E-state index in [9.17, 15) is 9.59 Å². The minimum atomic E-state index is -0.663. The molecule has 1 fully saturated rings. The number of carbonyl (C=O) groups is 2. The number of hydrogen-bond acceptors (Lipinski definition) is 5. The summed E-state index contributed by atoms with van der Waals surface area (Å²) in [4.78, 5) is 42.0. The summed E-state index contributed by atoms with van der Waals surface area (Å²) in [6, 6.07) is 7.22. The summed E-state index contributed by atoms with van der Waals surface area (Å²) in [5, 5.41) is 2.68. The number of carbonyl (C=O) groups excluding carboxylic acids is 2. The maximum absolute atomic E-state index is 13.4. The zero-order chi connectivity index (χ0) is 27.2. The second-order valence-corrected chi connectivity index (χ2v) is 9.66. The van der Waals surface area contributed by atoms with Gasteiger partial charge in [-0.05, 0) is 41.0 Å².